The number of methoxy groups -OCH3 is 1. The second-order valence-corrected chi connectivity index (χ2v) is 7.03. The fraction of sp³-hybridized carbons (Fsp3) is 0.143. The van der Waals surface area contributed by atoms with Crippen LogP contribution in [0.1, 0.15) is 15.3 Å². The van der Waals surface area contributed by atoms with Crippen molar-refractivity contribution in [1.82, 2.24) is 0 Å². The van der Waals surface area contributed by atoms with Crippen LogP contribution in [-0.2, 0) is 0 Å². The van der Waals surface area contributed by atoms with E-state index >= 15 is 0 Å². The molecule has 0 bridgehead atoms. The minimum atomic E-state index is -0.251. The summed E-state index contributed by atoms with van der Waals surface area (Å²) in [5.74, 6) is 0.443. The van der Waals surface area contributed by atoms with E-state index < -0.39 is 0 Å². The average molecular weight is 357 g/mol. The second-order valence-electron chi connectivity index (χ2n) is 4.05. The van der Waals surface area contributed by atoms with Gasteiger partial charge in [-0.3, -0.25) is 0 Å². The first-order valence-corrected chi connectivity index (χ1v) is 8.24. The molecule has 0 amide bonds. The smallest absolute Gasteiger partial charge is 0.123 e. The van der Waals surface area contributed by atoms with Crippen molar-refractivity contribution in [2.45, 2.75) is 4.83 Å². The van der Waals surface area contributed by atoms with Crippen LogP contribution in [0.2, 0.25) is 0 Å². The first-order valence-electron chi connectivity index (χ1n) is 5.63. The maximum absolute atomic E-state index is 13.4. The minimum absolute atomic E-state index is 0.0530. The van der Waals surface area contributed by atoms with Gasteiger partial charge in [0.05, 0.1) is 11.9 Å². The third kappa shape index (κ3) is 2.42. The van der Waals surface area contributed by atoms with E-state index in [9.17, 15) is 4.39 Å². The van der Waals surface area contributed by atoms with Crippen molar-refractivity contribution in [2.75, 3.05) is 7.11 Å². The Morgan fingerprint density at radius 1 is 1.21 bits per heavy atom. The molecule has 0 N–H and O–H groups in total. The second kappa shape index (κ2) is 5.23. The zero-order valence-electron chi connectivity index (χ0n) is 10.0. The molecule has 2 aromatic heterocycles. The number of rotatable bonds is 3. The van der Waals surface area contributed by atoms with Gasteiger partial charge in [0.15, 0.2) is 0 Å². The van der Waals surface area contributed by atoms with Gasteiger partial charge in [-0.25, -0.2) is 4.39 Å². The Hall–Kier alpha value is -0.910. The summed E-state index contributed by atoms with van der Waals surface area (Å²) < 4.78 is 21.3. The van der Waals surface area contributed by atoms with Gasteiger partial charge in [0.2, 0.25) is 0 Å². The SMILES string of the molecule is COc1ccc(F)cc1C(Br)c1cc2sccc2s1. The molecule has 19 heavy (non-hydrogen) atoms. The van der Waals surface area contributed by atoms with Gasteiger partial charge in [-0.15, -0.1) is 22.7 Å². The molecule has 1 aromatic carbocycles. The van der Waals surface area contributed by atoms with Crippen molar-refractivity contribution in [1.29, 1.82) is 0 Å². The summed E-state index contributed by atoms with van der Waals surface area (Å²) in [7, 11) is 1.60. The molecule has 2 heterocycles. The molecule has 5 heteroatoms. The minimum Gasteiger partial charge on any atom is -0.496 e. The van der Waals surface area contributed by atoms with Gasteiger partial charge in [0, 0.05) is 19.8 Å². The Morgan fingerprint density at radius 3 is 2.79 bits per heavy atom. The molecule has 1 nitrogen and oxygen atoms in total. The van der Waals surface area contributed by atoms with Gasteiger partial charge in [-0.2, -0.15) is 0 Å². The maximum atomic E-state index is 13.4. The normalized spacial score (nSPS) is 12.8. The molecule has 0 aliphatic heterocycles. The predicted octanol–water partition coefficient (Wildman–Crippen LogP) is 5.59. The van der Waals surface area contributed by atoms with Crippen LogP contribution in [0, 0.1) is 5.82 Å². The molecule has 3 rings (SSSR count). The van der Waals surface area contributed by atoms with E-state index in [2.05, 4.69) is 33.4 Å². The highest BCUT2D eigenvalue weighted by atomic mass is 79.9. The molecule has 98 valence electrons. The molecular formula is C14H10BrFOS2. The zero-order chi connectivity index (χ0) is 13.4. The standard InChI is InChI=1S/C14H10BrFOS2/c1-17-10-3-2-8(16)6-9(10)14(15)13-7-12-11(19-13)4-5-18-12/h2-7,14H,1H3. The maximum Gasteiger partial charge on any atom is 0.123 e. The van der Waals surface area contributed by atoms with E-state index in [4.69, 9.17) is 4.74 Å². The summed E-state index contributed by atoms with van der Waals surface area (Å²) in [6.45, 7) is 0. The van der Waals surface area contributed by atoms with Gasteiger partial charge in [-0.1, -0.05) is 15.9 Å². The van der Waals surface area contributed by atoms with Crippen molar-refractivity contribution in [3.8, 4) is 5.75 Å². The first kappa shape index (κ1) is 13.1. The van der Waals surface area contributed by atoms with Crippen molar-refractivity contribution in [3.63, 3.8) is 0 Å². The lowest BCUT2D eigenvalue weighted by Crippen LogP contribution is -1.96. The van der Waals surface area contributed by atoms with E-state index in [1.54, 1.807) is 35.8 Å². The van der Waals surface area contributed by atoms with Crippen LogP contribution in [0.5, 0.6) is 5.75 Å². The van der Waals surface area contributed by atoms with Crippen LogP contribution < -0.4 is 4.74 Å². The van der Waals surface area contributed by atoms with E-state index in [0.29, 0.717) is 5.75 Å². The number of hydrogen-bond acceptors (Lipinski definition) is 3. The zero-order valence-corrected chi connectivity index (χ0v) is 13.2. The summed E-state index contributed by atoms with van der Waals surface area (Å²) in [5, 5.41) is 2.08. The number of thiophene rings is 2. The highest BCUT2D eigenvalue weighted by Crippen LogP contribution is 2.42. The third-order valence-electron chi connectivity index (χ3n) is 2.87. The van der Waals surface area contributed by atoms with Crippen molar-refractivity contribution in [3.05, 3.63) is 52.0 Å². The monoisotopic (exact) mass is 356 g/mol. The summed E-state index contributed by atoms with van der Waals surface area (Å²) in [6, 6.07) is 8.85. The van der Waals surface area contributed by atoms with Crippen LogP contribution in [-0.4, -0.2) is 7.11 Å². The Morgan fingerprint density at radius 2 is 2.05 bits per heavy atom. The number of fused-ring (bicyclic) bond motifs is 1. The van der Waals surface area contributed by atoms with Gasteiger partial charge in [-0.05, 0) is 35.7 Å². The Labute approximate surface area is 126 Å². The first-order chi connectivity index (χ1) is 9.19. The summed E-state index contributed by atoms with van der Waals surface area (Å²) in [5.41, 5.74) is 0.816. The van der Waals surface area contributed by atoms with Crippen LogP contribution in [0.3, 0.4) is 0 Å². The van der Waals surface area contributed by atoms with Crippen LogP contribution in [0.15, 0.2) is 35.7 Å². The third-order valence-corrected chi connectivity index (χ3v) is 6.32. The lowest BCUT2D eigenvalue weighted by molar-refractivity contribution is 0.409. The Balaban J connectivity index is 2.05. The molecule has 0 aliphatic rings. The molecular weight excluding hydrogens is 347 g/mol. The van der Waals surface area contributed by atoms with Crippen molar-refractivity contribution < 1.29 is 9.13 Å². The largest absolute Gasteiger partial charge is 0.496 e. The van der Waals surface area contributed by atoms with Crippen LogP contribution in [0.25, 0.3) is 9.40 Å². The molecule has 0 saturated carbocycles. The molecule has 0 radical (unpaired) electrons. The summed E-state index contributed by atoms with van der Waals surface area (Å²) in [6.07, 6.45) is 0. The molecule has 0 aliphatic carbocycles. The van der Waals surface area contributed by atoms with Gasteiger partial charge in [0.1, 0.15) is 11.6 Å². The molecule has 0 fully saturated rings. The molecule has 3 aromatic rings. The number of ether oxygens (including phenoxy) is 1. The fourth-order valence-corrected chi connectivity index (χ4v) is 4.85. The summed E-state index contributed by atoms with van der Waals surface area (Å²) in [4.78, 5) is 1.11. The van der Waals surface area contributed by atoms with Gasteiger partial charge < -0.3 is 4.74 Å². The van der Waals surface area contributed by atoms with Gasteiger partial charge in [0.25, 0.3) is 0 Å². The predicted molar refractivity (Wildman–Crippen MR) is 83.4 cm³/mol. The van der Waals surface area contributed by atoms with Crippen LogP contribution in [0.4, 0.5) is 4.39 Å². The molecule has 1 unspecified atom stereocenters. The van der Waals surface area contributed by atoms with Crippen LogP contribution >= 0.6 is 38.6 Å². The highest BCUT2D eigenvalue weighted by molar-refractivity contribution is 9.09. The van der Waals surface area contributed by atoms with E-state index in [1.807, 2.05) is 0 Å². The highest BCUT2D eigenvalue weighted by Gasteiger charge is 2.18. The topological polar surface area (TPSA) is 9.23 Å². The molecule has 1 atom stereocenters. The number of benzene rings is 1. The molecule has 0 spiro atoms. The quantitative estimate of drug-likeness (QED) is 0.555. The lowest BCUT2D eigenvalue weighted by Gasteiger charge is -2.13. The Kier molecular flexibility index (Phi) is 3.60. The van der Waals surface area contributed by atoms with Gasteiger partial charge >= 0.3 is 0 Å². The van der Waals surface area contributed by atoms with E-state index in [1.165, 1.54) is 21.5 Å². The Bertz CT molecular complexity index is 691. The lowest BCUT2D eigenvalue weighted by atomic mass is 10.1. The summed E-state index contributed by atoms with van der Waals surface area (Å²) >= 11 is 7.09. The number of alkyl halides is 1. The molecule has 0 saturated heterocycles. The number of hydrogen-bond donors (Lipinski definition) is 0. The van der Waals surface area contributed by atoms with Crippen molar-refractivity contribution in [2.24, 2.45) is 0 Å². The number of halogens is 2. The fourth-order valence-electron chi connectivity index (χ4n) is 1.97. The average Bonchev–Trinajstić information content (AvgIpc) is 2.98. The van der Waals surface area contributed by atoms with E-state index in [-0.39, 0.29) is 10.6 Å². The van der Waals surface area contributed by atoms with Crippen molar-refractivity contribution >= 4 is 48.0 Å². The van der Waals surface area contributed by atoms with E-state index in [0.717, 1.165) is 10.4 Å².